The molecule has 0 fully saturated rings. The highest BCUT2D eigenvalue weighted by Gasteiger charge is 2.36. The van der Waals surface area contributed by atoms with Gasteiger partial charge in [-0.05, 0) is 25.7 Å². The third kappa shape index (κ3) is 2.58. The monoisotopic (exact) mass is 226 g/mol. The van der Waals surface area contributed by atoms with Crippen LogP contribution in [0, 0.1) is 5.41 Å². The summed E-state index contributed by atoms with van der Waals surface area (Å²) in [4.78, 5) is 0. The Labute approximate surface area is 105 Å². The Morgan fingerprint density at radius 1 is 0.765 bits per heavy atom. The topological polar surface area (TPSA) is 0 Å². The summed E-state index contributed by atoms with van der Waals surface area (Å²) < 4.78 is 0. The number of hydrogen-bond donors (Lipinski definition) is 0. The molecule has 0 saturated carbocycles. The summed E-state index contributed by atoms with van der Waals surface area (Å²) in [7, 11) is 0. The van der Waals surface area contributed by atoms with E-state index in [9.17, 15) is 0 Å². The Bertz CT molecular complexity index is 339. The lowest BCUT2D eigenvalue weighted by Crippen LogP contribution is -2.22. The minimum atomic E-state index is 0.0753. The molecule has 0 N–H and O–H groups in total. The first-order valence-electron chi connectivity index (χ1n) is 6.09. The molecule has 0 spiro atoms. The van der Waals surface area contributed by atoms with Crippen molar-refractivity contribution in [2.24, 2.45) is 5.41 Å². The highest BCUT2D eigenvalue weighted by Crippen LogP contribution is 2.49. The molecule has 0 unspecified atom stereocenters. The van der Waals surface area contributed by atoms with E-state index in [1.54, 1.807) is 0 Å². The molecule has 1 rings (SSSR count). The van der Waals surface area contributed by atoms with Gasteiger partial charge in [0.1, 0.15) is 0 Å². The van der Waals surface area contributed by atoms with Crippen molar-refractivity contribution in [2.45, 2.75) is 25.7 Å². The molecule has 0 saturated heterocycles. The van der Waals surface area contributed by atoms with E-state index in [1.807, 2.05) is 24.3 Å². The Morgan fingerprint density at radius 3 is 1.47 bits per heavy atom. The molecule has 90 valence electrons. The molecule has 0 bridgehead atoms. The molecule has 0 aromatic rings. The van der Waals surface area contributed by atoms with Gasteiger partial charge in [-0.1, -0.05) is 47.6 Å². The predicted molar refractivity (Wildman–Crippen MR) is 77.9 cm³/mol. The minimum Gasteiger partial charge on any atom is -0.103 e. The van der Waals surface area contributed by atoms with Crippen molar-refractivity contribution in [3.05, 3.63) is 73.9 Å². The lowest BCUT2D eigenvalue weighted by atomic mass is 9.69. The van der Waals surface area contributed by atoms with Crippen molar-refractivity contribution in [1.29, 1.82) is 0 Å². The van der Waals surface area contributed by atoms with Gasteiger partial charge in [-0.25, -0.2) is 0 Å². The Kier molecular flexibility index (Phi) is 4.96. The van der Waals surface area contributed by atoms with Crippen molar-refractivity contribution >= 4 is 0 Å². The fraction of sp³-hybridized carbons (Fsp3) is 0.294. The molecule has 0 amide bonds. The number of allylic oxidation sites excluding steroid dienone is 8. The van der Waals surface area contributed by atoms with Crippen LogP contribution >= 0.6 is 0 Å². The summed E-state index contributed by atoms with van der Waals surface area (Å²) in [5.74, 6) is 0. The third-order valence-corrected chi connectivity index (χ3v) is 3.43. The second-order valence-corrected chi connectivity index (χ2v) is 4.44. The van der Waals surface area contributed by atoms with Crippen LogP contribution in [0.3, 0.4) is 0 Å². The van der Waals surface area contributed by atoms with E-state index in [0.717, 1.165) is 25.7 Å². The summed E-state index contributed by atoms with van der Waals surface area (Å²) in [5, 5.41) is 0. The van der Waals surface area contributed by atoms with E-state index in [4.69, 9.17) is 0 Å². The Hall–Kier alpha value is -1.56. The van der Waals surface area contributed by atoms with Gasteiger partial charge in [0.15, 0.2) is 0 Å². The number of rotatable bonds is 8. The van der Waals surface area contributed by atoms with Crippen LogP contribution in [0.4, 0.5) is 0 Å². The van der Waals surface area contributed by atoms with Gasteiger partial charge in [-0.2, -0.15) is 0 Å². The van der Waals surface area contributed by atoms with Crippen molar-refractivity contribution < 1.29 is 0 Å². The van der Waals surface area contributed by atoms with Gasteiger partial charge in [0.05, 0.1) is 0 Å². The van der Waals surface area contributed by atoms with E-state index in [2.05, 4.69) is 38.5 Å². The van der Waals surface area contributed by atoms with Gasteiger partial charge >= 0.3 is 0 Å². The van der Waals surface area contributed by atoms with Crippen molar-refractivity contribution in [1.82, 2.24) is 0 Å². The quantitative estimate of drug-likeness (QED) is 0.502. The fourth-order valence-electron chi connectivity index (χ4n) is 2.66. The number of hydrogen-bond acceptors (Lipinski definition) is 0. The molecule has 0 aromatic carbocycles. The maximum absolute atomic E-state index is 3.90. The van der Waals surface area contributed by atoms with E-state index >= 15 is 0 Å². The van der Waals surface area contributed by atoms with Gasteiger partial charge in [-0.15, -0.1) is 26.3 Å². The molecule has 0 heteroatoms. The van der Waals surface area contributed by atoms with Crippen LogP contribution in [0.25, 0.3) is 0 Å². The van der Waals surface area contributed by atoms with Gasteiger partial charge in [-0.3, -0.25) is 0 Å². The van der Waals surface area contributed by atoms with Crippen molar-refractivity contribution in [3.8, 4) is 0 Å². The zero-order valence-electron chi connectivity index (χ0n) is 10.6. The Balaban J connectivity index is 3.11. The molecule has 1 aliphatic rings. The lowest BCUT2D eigenvalue weighted by molar-refractivity contribution is 0.435. The molecular formula is C17H22. The van der Waals surface area contributed by atoms with Crippen LogP contribution in [0.5, 0.6) is 0 Å². The largest absolute Gasteiger partial charge is 0.103 e. The summed E-state index contributed by atoms with van der Waals surface area (Å²) >= 11 is 0. The van der Waals surface area contributed by atoms with E-state index in [-0.39, 0.29) is 5.41 Å². The highest BCUT2D eigenvalue weighted by atomic mass is 14.4. The van der Waals surface area contributed by atoms with Crippen LogP contribution in [-0.4, -0.2) is 0 Å². The average Bonchev–Trinajstić information content (AvgIpc) is 2.61. The molecule has 0 aromatic heterocycles. The van der Waals surface area contributed by atoms with Crippen LogP contribution in [0.2, 0.25) is 0 Å². The predicted octanol–water partition coefficient (Wildman–Crippen LogP) is 5.14. The first-order valence-corrected chi connectivity index (χ1v) is 6.09. The SMILES string of the molecule is C=CCC1=CC=C(CC=C)C1(CC=C)CC=C. The van der Waals surface area contributed by atoms with Gasteiger partial charge in [0.25, 0.3) is 0 Å². The lowest BCUT2D eigenvalue weighted by Gasteiger charge is -2.34. The van der Waals surface area contributed by atoms with E-state index in [0.29, 0.717) is 0 Å². The summed E-state index contributed by atoms with van der Waals surface area (Å²) in [6, 6.07) is 0. The summed E-state index contributed by atoms with van der Waals surface area (Å²) in [6.45, 7) is 15.5. The Morgan fingerprint density at radius 2 is 1.18 bits per heavy atom. The molecule has 0 nitrogen and oxygen atoms in total. The first-order chi connectivity index (χ1) is 8.25. The second-order valence-electron chi connectivity index (χ2n) is 4.44. The molecule has 1 aliphatic carbocycles. The summed E-state index contributed by atoms with van der Waals surface area (Å²) in [5.41, 5.74) is 2.92. The third-order valence-electron chi connectivity index (χ3n) is 3.43. The van der Waals surface area contributed by atoms with Gasteiger partial charge in [0, 0.05) is 5.41 Å². The van der Waals surface area contributed by atoms with Crippen molar-refractivity contribution in [2.75, 3.05) is 0 Å². The molecule has 17 heavy (non-hydrogen) atoms. The average molecular weight is 226 g/mol. The fourth-order valence-corrected chi connectivity index (χ4v) is 2.66. The molecule has 0 radical (unpaired) electrons. The van der Waals surface area contributed by atoms with Gasteiger partial charge < -0.3 is 0 Å². The van der Waals surface area contributed by atoms with Crippen LogP contribution in [0.15, 0.2) is 73.9 Å². The van der Waals surface area contributed by atoms with Crippen LogP contribution < -0.4 is 0 Å². The first kappa shape index (κ1) is 13.5. The van der Waals surface area contributed by atoms with Crippen molar-refractivity contribution in [3.63, 3.8) is 0 Å². The van der Waals surface area contributed by atoms with Gasteiger partial charge in [0.2, 0.25) is 0 Å². The minimum absolute atomic E-state index is 0.0753. The van der Waals surface area contributed by atoms with E-state index in [1.165, 1.54) is 11.1 Å². The molecule has 0 atom stereocenters. The van der Waals surface area contributed by atoms with Crippen LogP contribution in [0.1, 0.15) is 25.7 Å². The summed E-state index contributed by atoms with van der Waals surface area (Å²) in [6.07, 6.45) is 16.2. The molecule has 0 aliphatic heterocycles. The maximum Gasteiger partial charge on any atom is 0.0201 e. The molecular weight excluding hydrogens is 204 g/mol. The second kappa shape index (κ2) is 6.24. The highest BCUT2D eigenvalue weighted by molar-refractivity contribution is 5.44. The molecule has 0 heterocycles. The zero-order chi connectivity index (χ0) is 12.7. The smallest absolute Gasteiger partial charge is 0.0201 e. The van der Waals surface area contributed by atoms with Crippen LogP contribution in [-0.2, 0) is 0 Å². The maximum atomic E-state index is 3.90. The normalized spacial score (nSPS) is 16.9. The zero-order valence-corrected chi connectivity index (χ0v) is 10.6. The van der Waals surface area contributed by atoms with E-state index < -0.39 is 0 Å². The standard InChI is InChI=1S/C17H22/c1-5-9-15-11-12-16(10-6-2)17(15,13-7-3)14-8-4/h5-8,11-12H,1-4,9-10,13-14H2.